The van der Waals surface area contributed by atoms with Gasteiger partial charge >= 0.3 is 0 Å². The summed E-state index contributed by atoms with van der Waals surface area (Å²) in [6.07, 6.45) is 1.16. The summed E-state index contributed by atoms with van der Waals surface area (Å²) in [6, 6.07) is 0. The van der Waals surface area contributed by atoms with Gasteiger partial charge < -0.3 is 10.6 Å². The molecule has 0 fully saturated rings. The second-order valence-electron chi connectivity index (χ2n) is 2.75. The van der Waals surface area contributed by atoms with Crippen LogP contribution < -0.4 is 5.73 Å². The molecule has 0 unspecified atom stereocenters. The lowest BCUT2D eigenvalue weighted by Gasteiger charge is -2.18. The second kappa shape index (κ2) is 7.03. The fraction of sp³-hybridized carbons (Fsp3) is 0.875. The van der Waals surface area contributed by atoms with E-state index in [0.717, 1.165) is 19.6 Å². The first-order valence-electron chi connectivity index (χ1n) is 4.32. The standard InChI is InChI=1S/C8H18FN3/c1-2-12(6-3-5-9)7-4-8(10)11/h2-7H2,1H3,(H3,10,11). The molecular weight excluding hydrogens is 157 g/mol. The minimum atomic E-state index is -0.267. The van der Waals surface area contributed by atoms with Gasteiger partial charge in [-0.15, -0.1) is 0 Å². The Labute approximate surface area is 73.2 Å². The SMILES string of the molecule is CCN(CCCF)CCC(=N)N. The molecule has 0 bridgehead atoms. The molecule has 0 aromatic carbocycles. The van der Waals surface area contributed by atoms with E-state index in [2.05, 4.69) is 4.90 Å². The van der Waals surface area contributed by atoms with Gasteiger partial charge in [-0.3, -0.25) is 9.80 Å². The van der Waals surface area contributed by atoms with Crippen LogP contribution in [0.5, 0.6) is 0 Å². The zero-order valence-electron chi connectivity index (χ0n) is 7.65. The summed E-state index contributed by atoms with van der Waals surface area (Å²) in [7, 11) is 0. The zero-order chi connectivity index (χ0) is 9.40. The second-order valence-corrected chi connectivity index (χ2v) is 2.75. The van der Waals surface area contributed by atoms with E-state index >= 15 is 0 Å². The third kappa shape index (κ3) is 6.09. The fourth-order valence-corrected chi connectivity index (χ4v) is 0.990. The van der Waals surface area contributed by atoms with Crippen LogP contribution in [0.1, 0.15) is 19.8 Å². The molecule has 3 nitrogen and oxygen atoms in total. The Kier molecular flexibility index (Phi) is 6.66. The number of hydrogen-bond acceptors (Lipinski definition) is 2. The molecule has 0 saturated carbocycles. The average Bonchev–Trinajstić information content (AvgIpc) is 2.05. The molecule has 0 aliphatic heterocycles. The van der Waals surface area contributed by atoms with Crippen LogP contribution in [-0.4, -0.2) is 37.0 Å². The highest BCUT2D eigenvalue weighted by Gasteiger charge is 2.01. The Morgan fingerprint density at radius 3 is 2.58 bits per heavy atom. The summed E-state index contributed by atoms with van der Waals surface area (Å²) in [5, 5.41) is 7.02. The maximum Gasteiger partial charge on any atom is 0.0918 e. The van der Waals surface area contributed by atoms with Crippen molar-refractivity contribution in [2.75, 3.05) is 26.3 Å². The zero-order valence-corrected chi connectivity index (χ0v) is 7.65. The number of nitrogens with zero attached hydrogens (tertiary/aromatic N) is 1. The molecule has 0 spiro atoms. The van der Waals surface area contributed by atoms with E-state index in [1.54, 1.807) is 0 Å². The van der Waals surface area contributed by atoms with E-state index in [-0.39, 0.29) is 12.5 Å². The number of amidine groups is 1. The van der Waals surface area contributed by atoms with Crippen LogP contribution in [0.3, 0.4) is 0 Å². The van der Waals surface area contributed by atoms with Crippen molar-refractivity contribution in [3.63, 3.8) is 0 Å². The Hall–Kier alpha value is -0.640. The number of hydrogen-bond donors (Lipinski definition) is 2. The van der Waals surface area contributed by atoms with Gasteiger partial charge in [0.25, 0.3) is 0 Å². The minimum absolute atomic E-state index is 0.202. The number of nitrogens with one attached hydrogen (secondary N) is 1. The third-order valence-electron chi connectivity index (χ3n) is 1.75. The van der Waals surface area contributed by atoms with Gasteiger partial charge in [0.2, 0.25) is 0 Å². The van der Waals surface area contributed by atoms with Crippen molar-refractivity contribution in [3.05, 3.63) is 0 Å². The maximum absolute atomic E-state index is 11.8. The van der Waals surface area contributed by atoms with Crippen LogP contribution in [0, 0.1) is 5.41 Å². The normalized spacial score (nSPS) is 10.6. The van der Waals surface area contributed by atoms with E-state index in [9.17, 15) is 4.39 Å². The molecule has 0 saturated heterocycles. The fourth-order valence-electron chi connectivity index (χ4n) is 0.990. The van der Waals surface area contributed by atoms with Gasteiger partial charge in [0.15, 0.2) is 0 Å². The monoisotopic (exact) mass is 175 g/mol. The van der Waals surface area contributed by atoms with Crippen LogP contribution in [0.4, 0.5) is 4.39 Å². The molecule has 12 heavy (non-hydrogen) atoms. The van der Waals surface area contributed by atoms with Crippen LogP contribution >= 0.6 is 0 Å². The molecule has 0 aliphatic rings. The van der Waals surface area contributed by atoms with E-state index in [4.69, 9.17) is 11.1 Å². The number of alkyl halides is 1. The van der Waals surface area contributed by atoms with E-state index in [0.29, 0.717) is 12.8 Å². The molecule has 0 rings (SSSR count). The number of rotatable bonds is 7. The molecule has 0 aromatic heterocycles. The minimum Gasteiger partial charge on any atom is -0.388 e. The molecule has 3 N–H and O–H groups in total. The first-order valence-corrected chi connectivity index (χ1v) is 4.32. The van der Waals surface area contributed by atoms with Crippen LogP contribution in [0.25, 0.3) is 0 Å². The predicted octanol–water partition coefficient (Wildman–Crippen LogP) is 0.994. The van der Waals surface area contributed by atoms with Gasteiger partial charge in [0.05, 0.1) is 12.5 Å². The smallest absolute Gasteiger partial charge is 0.0918 e. The lowest BCUT2D eigenvalue weighted by Crippen LogP contribution is -2.29. The highest BCUT2D eigenvalue weighted by Crippen LogP contribution is 1.93. The summed E-state index contributed by atoms with van der Waals surface area (Å²) in [5.74, 6) is 0.202. The van der Waals surface area contributed by atoms with Gasteiger partial charge in [-0.05, 0) is 13.0 Å². The molecular formula is C8H18FN3. The predicted molar refractivity (Wildman–Crippen MR) is 49.2 cm³/mol. The summed E-state index contributed by atoms with van der Waals surface area (Å²) in [6.45, 7) is 4.19. The van der Waals surface area contributed by atoms with Gasteiger partial charge in [0, 0.05) is 19.5 Å². The van der Waals surface area contributed by atoms with Gasteiger partial charge in [-0.2, -0.15) is 0 Å². The Morgan fingerprint density at radius 2 is 2.17 bits per heavy atom. The highest BCUT2D eigenvalue weighted by molar-refractivity contribution is 5.76. The summed E-state index contributed by atoms with van der Waals surface area (Å²) in [4.78, 5) is 2.10. The number of halogens is 1. The van der Waals surface area contributed by atoms with Crippen molar-refractivity contribution in [3.8, 4) is 0 Å². The largest absolute Gasteiger partial charge is 0.388 e. The number of nitrogens with two attached hydrogens (primary N) is 1. The molecule has 0 aromatic rings. The Morgan fingerprint density at radius 1 is 1.50 bits per heavy atom. The Balaban J connectivity index is 3.45. The molecule has 0 radical (unpaired) electrons. The van der Waals surface area contributed by atoms with Crippen LogP contribution in [0.15, 0.2) is 0 Å². The molecule has 0 amide bonds. The molecule has 0 atom stereocenters. The van der Waals surface area contributed by atoms with Crippen molar-refractivity contribution >= 4 is 5.84 Å². The van der Waals surface area contributed by atoms with Crippen molar-refractivity contribution in [2.24, 2.45) is 5.73 Å². The topological polar surface area (TPSA) is 53.1 Å². The van der Waals surface area contributed by atoms with E-state index in [1.807, 2.05) is 6.92 Å². The van der Waals surface area contributed by atoms with Crippen molar-refractivity contribution in [1.29, 1.82) is 5.41 Å². The first kappa shape index (κ1) is 11.4. The van der Waals surface area contributed by atoms with Crippen molar-refractivity contribution in [2.45, 2.75) is 19.8 Å². The van der Waals surface area contributed by atoms with E-state index in [1.165, 1.54) is 0 Å². The average molecular weight is 175 g/mol. The molecule has 0 aliphatic carbocycles. The summed E-state index contributed by atoms with van der Waals surface area (Å²) < 4.78 is 11.8. The van der Waals surface area contributed by atoms with Crippen LogP contribution in [0.2, 0.25) is 0 Å². The van der Waals surface area contributed by atoms with Crippen molar-refractivity contribution in [1.82, 2.24) is 4.90 Å². The third-order valence-corrected chi connectivity index (χ3v) is 1.75. The van der Waals surface area contributed by atoms with Gasteiger partial charge in [-0.1, -0.05) is 6.92 Å². The lowest BCUT2D eigenvalue weighted by atomic mass is 10.3. The molecule has 72 valence electrons. The highest BCUT2D eigenvalue weighted by atomic mass is 19.1. The molecule has 4 heteroatoms. The van der Waals surface area contributed by atoms with Crippen molar-refractivity contribution < 1.29 is 4.39 Å². The molecule has 0 heterocycles. The Bertz CT molecular complexity index is 127. The maximum atomic E-state index is 11.8. The van der Waals surface area contributed by atoms with Crippen LogP contribution in [-0.2, 0) is 0 Å². The van der Waals surface area contributed by atoms with Gasteiger partial charge in [0.1, 0.15) is 0 Å². The summed E-state index contributed by atoms with van der Waals surface area (Å²) in [5.41, 5.74) is 5.21. The van der Waals surface area contributed by atoms with Gasteiger partial charge in [-0.25, -0.2) is 0 Å². The van der Waals surface area contributed by atoms with E-state index < -0.39 is 0 Å². The quantitative estimate of drug-likeness (QED) is 0.448. The lowest BCUT2D eigenvalue weighted by molar-refractivity contribution is 0.278. The summed E-state index contributed by atoms with van der Waals surface area (Å²) >= 11 is 0. The first-order chi connectivity index (χ1) is 5.70.